The van der Waals surface area contributed by atoms with Crippen LogP contribution in [0.2, 0.25) is 0 Å². The van der Waals surface area contributed by atoms with E-state index in [1.165, 1.54) is 30.3 Å². The molecule has 12 heteroatoms. The molecule has 0 heterocycles. The van der Waals surface area contributed by atoms with E-state index < -0.39 is 23.2 Å². The molecule has 2 aromatic rings. The number of anilines is 1. The van der Waals surface area contributed by atoms with Crippen LogP contribution in [0, 0.1) is 11.6 Å². The van der Waals surface area contributed by atoms with Crippen molar-refractivity contribution in [1.29, 1.82) is 0 Å². The summed E-state index contributed by atoms with van der Waals surface area (Å²) in [4.78, 5) is 13.3. The summed E-state index contributed by atoms with van der Waals surface area (Å²) in [5, 5.41) is 25.5. The second-order valence-corrected chi connectivity index (χ2v) is 8.62. The summed E-state index contributed by atoms with van der Waals surface area (Å²) in [5.74, 6) is 8.78. The molecular weight excluding hydrogens is 454 g/mol. The van der Waals surface area contributed by atoms with E-state index in [9.17, 15) is 18.8 Å². The van der Waals surface area contributed by atoms with Crippen LogP contribution in [-0.2, 0) is 0 Å². The smallest absolute Gasteiger partial charge is 0.257 e. The van der Waals surface area contributed by atoms with Crippen LogP contribution in [0.3, 0.4) is 0 Å². The van der Waals surface area contributed by atoms with E-state index in [1.807, 2.05) is 0 Å². The maximum Gasteiger partial charge on any atom is 0.257 e. The van der Waals surface area contributed by atoms with Crippen molar-refractivity contribution in [2.75, 3.05) is 18.5 Å². The van der Waals surface area contributed by atoms with Crippen LogP contribution in [-0.4, -0.2) is 39.5 Å². The summed E-state index contributed by atoms with van der Waals surface area (Å²) in [6.45, 7) is -0.214. The van der Waals surface area contributed by atoms with Crippen molar-refractivity contribution in [2.24, 2.45) is 16.8 Å². The highest BCUT2D eigenvalue weighted by molar-refractivity contribution is 8.13. The van der Waals surface area contributed by atoms with Crippen LogP contribution >= 0.6 is 11.8 Å². The van der Waals surface area contributed by atoms with Crippen LogP contribution in [0.1, 0.15) is 47.5 Å². The van der Waals surface area contributed by atoms with Crippen molar-refractivity contribution in [3.63, 3.8) is 0 Å². The normalized spacial score (nSPS) is 14.5. The number of nitrogens with one attached hydrogen (secondary N) is 1. The second kappa shape index (κ2) is 11.4. The van der Waals surface area contributed by atoms with Gasteiger partial charge in [0, 0.05) is 17.0 Å². The molecule has 9 N–H and O–H groups in total. The van der Waals surface area contributed by atoms with Crippen LogP contribution in [0.4, 0.5) is 20.2 Å². The molecule has 33 heavy (non-hydrogen) atoms. The number of hydrazine groups is 1. The number of hydrogen-bond acceptors (Lipinski definition) is 7. The Bertz CT molecular complexity index is 1010. The lowest BCUT2D eigenvalue weighted by atomic mass is 9.97. The van der Waals surface area contributed by atoms with E-state index in [-0.39, 0.29) is 29.8 Å². The van der Waals surface area contributed by atoms with Crippen molar-refractivity contribution in [3.8, 4) is 0 Å². The Labute approximate surface area is 193 Å². The number of aliphatic hydroxyl groups is 1. The maximum atomic E-state index is 14.8. The third-order valence-corrected chi connectivity index (χ3v) is 6.52. The van der Waals surface area contributed by atoms with Crippen molar-refractivity contribution < 1.29 is 29.4 Å². The number of hydrazone groups is 1. The number of carbonyl (C=O) groups is 1. The first-order valence-electron chi connectivity index (χ1n) is 10.4. The van der Waals surface area contributed by atoms with Gasteiger partial charge >= 0.3 is 0 Å². The van der Waals surface area contributed by atoms with Gasteiger partial charge in [0.2, 0.25) is 5.17 Å². The minimum atomic E-state index is -0.857. The molecular formula is C21H27F2N6O3S+. The highest BCUT2D eigenvalue weighted by Gasteiger charge is 2.24. The van der Waals surface area contributed by atoms with Crippen molar-refractivity contribution >= 4 is 34.2 Å². The van der Waals surface area contributed by atoms with Gasteiger partial charge in [-0.05, 0) is 54.3 Å². The first kappa shape index (κ1) is 24.9. The van der Waals surface area contributed by atoms with E-state index in [2.05, 4.69) is 10.4 Å². The molecule has 178 valence electrons. The Kier molecular flexibility index (Phi) is 8.58. The lowest BCUT2D eigenvalue weighted by Crippen LogP contribution is -2.73. The number of benzene rings is 2. The summed E-state index contributed by atoms with van der Waals surface area (Å²) < 4.78 is 29.5. The third-order valence-electron chi connectivity index (χ3n) is 5.43. The Morgan fingerprint density at radius 3 is 2.48 bits per heavy atom. The average Bonchev–Trinajstić information content (AvgIpc) is 3.34. The predicted molar refractivity (Wildman–Crippen MR) is 121 cm³/mol. The number of hydrogen-bond donors (Lipinski definition) is 6. The molecule has 1 saturated carbocycles. The molecule has 9 nitrogen and oxygen atoms in total. The first-order valence-corrected chi connectivity index (χ1v) is 11.2. The zero-order chi connectivity index (χ0) is 24.0. The number of halogens is 2. The highest BCUT2D eigenvalue weighted by atomic mass is 32.2. The summed E-state index contributed by atoms with van der Waals surface area (Å²) >= 11 is 0.920. The molecule has 2 aromatic carbocycles. The van der Waals surface area contributed by atoms with Crippen LogP contribution in [0.15, 0.2) is 40.3 Å². The molecule has 0 spiro atoms. The van der Waals surface area contributed by atoms with Crippen LogP contribution < -0.4 is 22.5 Å². The van der Waals surface area contributed by atoms with E-state index >= 15 is 0 Å². The Morgan fingerprint density at radius 1 is 1.24 bits per heavy atom. The predicted octanol–water partition coefficient (Wildman–Crippen LogP) is 1.95. The molecule has 0 aliphatic heterocycles. The molecule has 0 unspecified atom stereocenters. The Morgan fingerprint density at radius 2 is 1.91 bits per heavy atom. The number of amidine groups is 1. The van der Waals surface area contributed by atoms with Crippen molar-refractivity contribution in [1.82, 2.24) is 5.01 Å². The fraction of sp³-hybridized carbons (Fsp3) is 0.333. The minimum Gasteiger partial charge on any atom is -0.394 e. The number of carbonyl (C=O) groups excluding carboxylic acids is 1. The van der Waals surface area contributed by atoms with Gasteiger partial charge in [-0.25, -0.2) is 19.8 Å². The zero-order valence-electron chi connectivity index (χ0n) is 17.8. The number of quaternary nitrogens is 1. The van der Waals surface area contributed by atoms with Gasteiger partial charge in [0.15, 0.2) is 5.69 Å². The van der Waals surface area contributed by atoms with Gasteiger partial charge in [-0.2, -0.15) is 10.6 Å². The van der Waals surface area contributed by atoms with Gasteiger partial charge in [-0.3, -0.25) is 9.80 Å². The minimum absolute atomic E-state index is 0.0139. The number of rotatable bonds is 7. The summed E-state index contributed by atoms with van der Waals surface area (Å²) in [6, 6.07) is 6.92. The van der Waals surface area contributed by atoms with Crippen LogP contribution in [0.5, 0.6) is 0 Å². The molecule has 3 rings (SSSR count). The molecule has 1 aliphatic carbocycles. The van der Waals surface area contributed by atoms with E-state index in [0.717, 1.165) is 47.9 Å². The summed E-state index contributed by atoms with van der Waals surface area (Å²) in [7, 11) is 0. The van der Waals surface area contributed by atoms with Gasteiger partial charge < -0.3 is 16.3 Å². The van der Waals surface area contributed by atoms with E-state index in [0.29, 0.717) is 16.1 Å². The SMILES string of the molecule is N/N=C(/Sc1ccc([NH2+]O)cc1C(=O)Nc1c(F)cc(C2CCCC2)cc1F)N(N)CCO. The quantitative estimate of drug-likeness (QED) is 0.0882. The van der Waals surface area contributed by atoms with Crippen LogP contribution in [0.25, 0.3) is 0 Å². The average molecular weight is 482 g/mol. The summed E-state index contributed by atoms with van der Waals surface area (Å²) in [5.41, 5.74) is 1.14. The Hall–Kier alpha value is -2.77. The molecule has 1 fully saturated rings. The lowest BCUT2D eigenvalue weighted by molar-refractivity contribution is -0.825. The fourth-order valence-electron chi connectivity index (χ4n) is 3.74. The molecule has 0 bridgehead atoms. The number of nitrogens with zero attached hydrogens (tertiary/aromatic N) is 2. The topological polar surface area (TPSA) is 154 Å². The zero-order valence-corrected chi connectivity index (χ0v) is 18.6. The lowest BCUT2D eigenvalue weighted by Gasteiger charge is -2.19. The Balaban J connectivity index is 1.88. The molecule has 0 radical (unpaired) electrons. The molecule has 1 aliphatic rings. The molecule has 0 saturated heterocycles. The van der Waals surface area contributed by atoms with E-state index in [4.69, 9.17) is 16.8 Å². The monoisotopic (exact) mass is 481 g/mol. The first-order chi connectivity index (χ1) is 15.9. The maximum absolute atomic E-state index is 14.8. The summed E-state index contributed by atoms with van der Waals surface area (Å²) in [6.07, 6.45) is 3.82. The number of amides is 1. The van der Waals surface area contributed by atoms with Crippen molar-refractivity contribution in [2.45, 2.75) is 36.5 Å². The third kappa shape index (κ3) is 5.97. The van der Waals surface area contributed by atoms with Gasteiger partial charge in [-0.15, -0.1) is 0 Å². The largest absolute Gasteiger partial charge is 0.394 e. The van der Waals surface area contributed by atoms with Crippen molar-refractivity contribution in [3.05, 3.63) is 53.1 Å². The van der Waals surface area contributed by atoms with Gasteiger partial charge in [0.1, 0.15) is 17.3 Å². The van der Waals surface area contributed by atoms with E-state index in [1.54, 1.807) is 0 Å². The second-order valence-electron chi connectivity index (χ2n) is 7.61. The number of thioether (sulfide) groups is 1. The molecule has 1 amide bonds. The number of aliphatic hydroxyl groups excluding tert-OH is 1. The molecule has 0 aromatic heterocycles. The van der Waals surface area contributed by atoms with Gasteiger partial charge in [0.25, 0.3) is 5.91 Å². The van der Waals surface area contributed by atoms with Gasteiger partial charge in [-0.1, -0.05) is 12.8 Å². The van der Waals surface area contributed by atoms with Gasteiger partial charge in [0.05, 0.1) is 18.7 Å². The standard InChI is InChI=1S/C21H26F2N6O3S/c22-16-9-13(12-3-1-2-4-12)10-17(23)19(16)26-20(31)15-11-14(28-32)5-6-18(15)33-21(27-24)29(25)7-8-30/h5-6,9-12,28,30,32H,1-4,7-8,24-25H2,(H,26,31)/p+1/b27-21+. The molecule has 0 atom stereocenters. The fourth-order valence-corrected chi connectivity index (χ4v) is 4.60. The number of nitrogens with two attached hydrogens (primary N) is 3. The highest BCUT2D eigenvalue weighted by Crippen LogP contribution is 2.36.